The lowest BCUT2D eigenvalue weighted by atomic mass is 9.93. The predicted molar refractivity (Wildman–Crippen MR) is 240 cm³/mol. The van der Waals surface area contributed by atoms with E-state index in [9.17, 15) is 0 Å². The monoisotopic (exact) mass is 739 g/mol. The standard InChI is InChI=1S/C53H33N5/c1-2-16-37-36(15-1)33-45(39-18-4-3-17-38(37)39)34-29-31-35(32-30-34)51-54-52(56-53(55-51)58-48-26-12-7-21-42(48)43-22-8-13-27-49(43)58)44-23-9-14-28-50(44)57-46-24-10-5-19-40(46)41-20-6-11-25-47(41)57/h1-33H. The van der Waals surface area contributed by atoms with E-state index in [0.717, 1.165) is 55.2 Å². The van der Waals surface area contributed by atoms with Crippen LogP contribution in [0.2, 0.25) is 0 Å². The molecule has 5 heteroatoms. The topological polar surface area (TPSA) is 48.5 Å². The maximum absolute atomic E-state index is 5.36. The Morgan fingerprint density at radius 3 is 1.36 bits per heavy atom. The fourth-order valence-corrected chi connectivity index (χ4v) is 8.98. The third kappa shape index (κ3) is 4.93. The van der Waals surface area contributed by atoms with Gasteiger partial charge in [-0.2, -0.15) is 9.97 Å². The van der Waals surface area contributed by atoms with Crippen molar-refractivity contribution in [2.45, 2.75) is 0 Å². The van der Waals surface area contributed by atoms with Gasteiger partial charge in [0.15, 0.2) is 11.6 Å². The number of fused-ring (bicyclic) bond motifs is 9. The molecule has 9 aromatic carbocycles. The number of rotatable bonds is 5. The summed E-state index contributed by atoms with van der Waals surface area (Å²) in [7, 11) is 0. The third-order valence-corrected chi connectivity index (χ3v) is 11.6. The summed E-state index contributed by atoms with van der Waals surface area (Å²) in [5.74, 6) is 1.77. The highest BCUT2D eigenvalue weighted by Gasteiger charge is 2.21. The molecular weight excluding hydrogens is 707 g/mol. The Kier molecular flexibility index (Phi) is 7.16. The van der Waals surface area contributed by atoms with Gasteiger partial charge in [-0.15, -0.1) is 0 Å². The van der Waals surface area contributed by atoms with E-state index in [1.54, 1.807) is 0 Å². The summed E-state index contributed by atoms with van der Waals surface area (Å²) in [5, 5.41) is 9.67. The van der Waals surface area contributed by atoms with Crippen LogP contribution >= 0.6 is 0 Å². The first kappa shape index (κ1) is 32.4. The molecule has 5 nitrogen and oxygen atoms in total. The second-order valence-electron chi connectivity index (χ2n) is 14.8. The van der Waals surface area contributed by atoms with Gasteiger partial charge in [-0.3, -0.25) is 4.57 Å². The molecule has 0 unspecified atom stereocenters. The van der Waals surface area contributed by atoms with E-state index < -0.39 is 0 Å². The first-order chi connectivity index (χ1) is 28.8. The second kappa shape index (κ2) is 12.8. The largest absolute Gasteiger partial charge is 0.309 e. The first-order valence-electron chi connectivity index (χ1n) is 19.6. The number of nitrogens with zero attached hydrogens (tertiary/aromatic N) is 5. The highest BCUT2D eigenvalue weighted by Crippen LogP contribution is 2.39. The van der Waals surface area contributed by atoms with Crippen LogP contribution in [0.5, 0.6) is 0 Å². The molecule has 0 radical (unpaired) electrons. The van der Waals surface area contributed by atoms with Gasteiger partial charge < -0.3 is 4.57 Å². The average Bonchev–Trinajstić information content (AvgIpc) is 3.82. The average molecular weight is 740 g/mol. The van der Waals surface area contributed by atoms with E-state index >= 15 is 0 Å². The van der Waals surface area contributed by atoms with Crippen molar-refractivity contribution in [3.63, 3.8) is 0 Å². The van der Waals surface area contributed by atoms with Crippen LogP contribution in [0.25, 0.3) is 111 Å². The van der Waals surface area contributed by atoms with Crippen molar-refractivity contribution in [3.05, 3.63) is 200 Å². The van der Waals surface area contributed by atoms with Gasteiger partial charge in [0.05, 0.1) is 27.8 Å². The Morgan fingerprint density at radius 1 is 0.293 bits per heavy atom. The van der Waals surface area contributed by atoms with E-state index in [2.05, 4.69) is 209 Å². The molecule has 0 saturated carbocycles. The van der Waals surface area contributed by atoms with Crippen LogP contribution in [-0.4, -0.2) is 24.1 Å². The van der Waals surface area contributed by atoms with Crippen molar-refractivity contribution < 1.29 is 0 Å². The minimum Gasteiger partial charge on any atom is -0.309 e. The highest BCUT2D eigenvalue weighted by molar-refractivity contribution is 6.14. The normalized spacial score (nSPS) is 11.8. The maximum Gasteiger partial charge on any atom is 0.238 e. The molecule has 12 aromatic rings. The van der Waals surface area contributed by atoms with Crippen molar-refractivity contribution in [1.82, 2.24) is 24.1 Å². The molecular formula is C53H33N5. The number of aromatic nitrogens is 5. The second-order valence-corrected chi connectivity index (χ2v) is 14.8. The van der Waals surface area contributed by atoms with E-state index in [4.69, 9.17) is 15.0 Å². The molecule has 3 heterocycles. The summed E-state index contributed by atoms with van der Waals surface area (Å²) in [6.45, 7) is 0. The molecule has 0 spiro atoms. The molecule has 0 saturated heterocycles. The van der Waals surface area contributed by atoms with Crippen molar-refractivity contribution in [1.29, 1.82) is 0 Å². The zero-order valence-corrected chi connectivity index (χ0v) is 31.3. The lowest BCUT2D eigenvalue weighted by Crippen LogP contribution is -2.07. The van der Waals surface area contributed by atoms with E-state index in [1.165, 1.54) is 37.9 Å². The SMILES string of the molecule is c1ccc(-n2c3ccccc3c3ccccc32)c(-c2nc(-c3ccc(-c4cc5ccccc5c5ccccc45)cc3)nc(-n3c4ccccc4c4ccccc43)n2)c1. The number of hydrogen-bond acceptors (Lipinski definition) is 3. The van der Waals surface area contributed by atoms with Gasteiger partial charge in [-0.05, 0) is 75.1 Å². The Bertz CT molecular complexity index is 3470. The Hall–Kier alpha value is -7.89. The lowest BCUT2D eigenvalue weighted by molar-refractivity contribution is 0.951. The summed E-state index contributed by atoms with van der Waals surface area (Å²) in [6, 6.07) is 70.9. The zero-order valence-electron chi connectivity index (χ0n) is 31.3. The highest BCUT2D eigenvalue weighted by atomic mass is 15.2. The van der Waals surface area contributed by atoms with Gasteiger partial charge in [-0.1, -0.05) is 158 Å². The molecule has 3 aromatic heterocycles. The summed E-state index contributed by atoms with van der Waals surface area (Å²) in [6.07, 6.45) is 0. The molecule has 270 valence electrons. The van der Waals surface area contributed by atoms with Crippen LogP contribution in [0, 0.1) is 0 Å². The van der Waals surface area contributed by atoms with Gasteiger partial charge in [-0.25, -0.2) is 4.98 Å². The predicted octanol–water partition coefficient (Wildman–Crippen LogP) is 13.4. The maximum atomic E-state index is 5.36. The number of benzene rings is 9. The van der Waals surface area contributed by atoms with Crippen LogP contribution in [0.4, 0.5) is 0 Å². The van der Waals surface area contributed by atoms with Gasteiger partial charge in [0.25, 0.3) is 0 Å². The van der Waals surface area contributed by atoms with Crippen LogP contribution in [-0.2, 0) is 0 Å². The molecule has 58 heavy (non-hydrogen) atoms. The van der Waals surface area contributed by atoms with Gasteiger partial charge in [0, 0.05) is 32.7 Å². The Morgan fingerprint density at radius 2 is 0.741 bits per heavy atom. The van der Waals surface area contributed by atoms with E-state index in [-0.39, 0.29) is 0 Å². The van der Waals surface area contributed by atoms with Crippen molar-refractivity contribution in [2.24, 2.45) is 0 Å². The van der Waals surface area contributed by atoms with Crippen molar-refractivity contribution in [2.75, 3.05) is 0 Å². The Labute approximate surface area is 333 Å². The van der Waals surface area contributed by atoms with Crippen LogP contribution in [0.1, 0.15) is 0 Å². The van der Waals surface area contributed by atoms with Crippen molar-refractivity contribution >= 4 is 65.2 Å². The molecule has 0 fully saturated rings. The third-order valence-electron chi connectivity index (χ3n) is 11.6. The van der Waals surface area contributed by atoms with Gasteiger partial charge in [0.1, 0.15) is 0 Å². The fraction of sp³-hybridized carbons (Fsp3) is 0. The summed E-state index contributed by atoms with van der Waals surface area (Å²) >= 11 is 0. The summed E-state index contributed by atoms with van der Waals surface area (Å²) in [4.78, 5) is 16.0. The Balaban J connectivity index is 1.09. The first-order valence-corrected chi connectivity index (χ1v) is 19.6. The fourth-order valence-electron chi connectivity index (χ4n) is 8.98. The van der Waals surface area contributed by atoms with Crippen molar-refractivity contribution in [3.8, 4) is 45.5 Å². The minimum atomic E-state index is 0.569. The molecule has 0 aliphatic carbocycles. The number of hydrogen-bond donors (Lipinski definition) is 0. The van der Waals surface area contributed by atoms with Crippen LogP contribution in [0.15, 0.2) is 200 Å². The molecule has 0 amide bonds. The van der Waals surface area contributed by atoms with E-state index in [1.807, 2.05) is 0 Å². The van der Waals surface area contributed by atoms with Gasteiger partial charge >= 0.3 is 0 Å². The molecule has 0 aliphatic rings. The number of para-hydroxylation sites is 5. The van der Waals surface area contributed by atoms with Gasteiger partial charge in [0.2, 0.25) is 5.95 Å². The molecule has 0 N–H and O–H groups in total. The van der Waals surface area contributed by atoms with E-state index in [0.29, 0.717) is 17.6 Å². The molecule has 0 aliphatic heterocycles. The molecule has 0 bridgehead atoms. The smallest absolute Gasteiger partial charge is 0.238 e. The minimum absolute atomic E-state index is 0.569. The lowest BCUT2D eigenvalue weighted by Gasteiger charge is -2.15. The summed E-state index contributed by atoms with van der Waals surface area (Å²) in [5.41, 5.74) is 9.51. The molecule has 12 rings (SSSR count). The van der Waals surface area contributed by atoms with Crippen LogP contribution < -0.4 is 0 Å². The summed E-state index contributed by atoms with van der Waals surface area (Å²) < 4.78 is 4.52. The molecule has 0 atom stereocenters. The zero-order chi connectivity index (χ0) is 38.2. The van der Waals surface area contributed by atoms with Crippen LogP contribution in [0.3, 0.4) is 0 Å². The quantitative estimate of drug-likeness (QED) is 0.165.